The second kappa shape index (κ2) is 8.90. The lowest BCUT2D eigenvalue weighted by atomic mass is 10.0. The van der Waals surface area contributed by atoms with Gasteiger partial charge in [0.1, 0.15) is 6.04 Å². The van der Waals surface area contributed by atoms with Crippen LogP contribution in [0.2, 0.25) is 0 Å². The van der Waals surface area contributed by atoms with Crippen molar-refractivity contribution < 1.29 is 14.3 Å². The molecule has 1 rings (SSSR count). The van der Waals surface area contributed by atoms with Gasteiger partial charge in [-0.15, -0.1) is 11.3 Å². The number of rotatable bonds is 8. The Kier molecular flexibility index (Phi) is 7.55. The quantitative estimate of drug-likeness (QED) is 0.746. The van der Waals surface area contributed by atoms with Crippen molar-refractivity contribution >= 4 is 23.2 Å². The molecular formula is C16H26N2O3S. The summed E-state index contributed by atoms with van der Waals surface area (Å²) in [6, 6.07) is 3.63. The van der Waals surface area contributed by atoms with Crippen LogP contribution in [-0.4, -0.2) is 43.5 Å². The van der Waals surface area contributed by atoms with Crippen molar-refractivity contribution in [1.82, 2.24) is 10.2 Å². The van der Waals surface area contributed by atoms with Crippen molar-refractivity contribution in [3.05, 3.63) is 22.4 Å². The van der Waals surface area contributed by atoms with Crippen molar-refractivity contribution in [2.45, 2.75) is 39.3 Å². The molecule has 124 valence electrons. The molecule has 0 aromatic carbocycles. The van der Waals surface area contributed by atoms with Crippen LogP contribution in [0.3, 0.4) is 0 Å². The number of carbonyl (C=O) groups is 2. The first-order valence-corrected chi connectivity index (χ1v) is 8.34. The van der Waals surface area contributed by atoms with Crippen molar-refractivity contribution in [3.63, 3.8) is 0 Å². The van der Waals surface area contributed by atoms with Gasteiger partial charge in [0.2, 0.25) is 5.91 Å². The van der Waals surface area contributed by atoms with Crippen LogP contribution in [-0.2, 0) is 14.3 Å². The third kappa shape index (κ3) is 5.77. The number of methoxy groups -OCH3 is 1. The number of thiophene rings is 1. The van der Waals surface area contributed by atoms with Crippen LogP contribution in [0.1, 0.15) is 38.1 Å². The second-order valence-electron chi connectivity index (χ2n) is 5.88. The highest BCUT2D eigenvalue weighted by Crippen LogP contribution is 2.22. The number of hydrogen-bond acceptors (Lipinski definition) is 5. The molecule has 0 saturated heterocycles. The molecule has 0 aliphatic carbocycles. The number of esters is 1. The highest BCUT2D eigenvalue weighted by atomic mass is 32.1. The van der Waals surface area contributed by atoms with E-state index in [-0.39, 0.29) is 18.5 Å². The zero-order chi connectivity index (χ0) is 16.7. The fraction of sp³-hybridized carbons (Fsp3) is 0.625. The molecule has 0 aliphatic heterocycles. The average Bonchev–Trinajstić information content (AvgIpc) is 2.98. The number of nitrogens with one attached hydrogen (secondary N) is 1. The molecule has 5 nitrogen and oxygen atoms in total. The van der Waals surface area contributed by atoms with Gasteiger partial charge >= 0.3 is 5.97 Å². The summed E-state index contributed by atoms with van der Waals surface area (Å²) >= 11 is 1.67. The van der Waals surface area contributed by atoms with Gasteiger partial charge in [0.15, 0.2) is 0 Å². The number of hydrogen-bond donors (Lipinski definition) is 1. The predicted octanol–water partition coefficient (Wildman–Crippen LogP) is 2.44. The first-order chi connectivity index (χ1) is 10.3. The van der Waals surface area contributed by atoms with E-state index in [4.69, 9.17) is 4.74 Å². The third-order valence-corrected chi connectivity index (χ3v) is 4.58. The van der Waals surface area contributed by atoms with Crippen molar-refractivity contribution in [3.8, 4) is 0 Å². The summed E-state index contributed by atoms with van der Waals surface area (Å²) in [5.74, 6) is -0.259. The molecule has 0 fully saturated rings. The number of ether oxygens (including phenoxy) is 1. The Morgan fingerprint density at radius 3 is 2.55 bits per heavy atom. The molecule has 0 spiro atoms. The van der Waals surface area contributed by atoms with E-state index >= 15 is 0 Å². The zero-order valence-corrected chi connectivity index (χ0v) is 14.8. The highest BCUT2D eigenvalue weighted by Gasteiger charge is 2.24. The Labute approximate surface area is 136 Å². The topological polar surface area (TPSA) is 58.6 Å². The van der Waals surface area contributed by atoms with E-state index in [1.54, 1.807) is 11.3 Å². The molecular weight excluding hydrogens is 300 g/mol. The molecule has 0 bridgehead atoms. The summed E-state index contributed by atoms with van der Waals surface area (Å²) < 4.78 is 4.76. The Bertz CT molecular complexity index is 474. The Morgan fingerprint density at radius 2 is 2.05 bits per heavy atom. The standard InChI is InChI=1S/C16H26N2O3S/c1-11(2)9-13(16(20)21-5)17-15(19)10-18(4)12(3)14-7-6-8-22-14/h6-8,11-13H,9-10H2,1-5H3,(H,17,19). The smallest absolute Gasteiger partial charge is 0.328 e. The van der Waals surface area contributed by atoms with Gasteiger partial charge in [0.05, 0.1) is 13.7 Å². The highest BCUT2D eigenvalue weighted by molar-refractivity contribution is 7.10. The maximum absolute atomic E-state index is 12.2. The molecule has 0 radical (unpaired) electrons. The van der Waals surface area contributed by atoms with E-state index in [2.05, 4.69) is 18.3 Å². The van der Waals surface area contributed by atoms with E-state index in [0.29, 0.717) is 12.3 Å². The lowest BCUT2D eigenvalue weighted by Crippen LogP contribution is -2.46. The minimum atomic E-state index is -0.581. The van der Waals surface area contributed by atoms with Gasteiger partial charge in [0, 0.05) is 10.9 Å². The van der Waals surface area contributed by atoms with Crippen LogP contribution in [0.4, 0.5) is 0 Å². The summed E-state index contributed by atoms with van der Waals surface area (Å²) in [7, 11) is 3.24. The molecule has 1 aromatic heterocycles. The maximum atomic E-state index is 12.2. The van der Waals surface area contributed by atoms with Gasteiger partial charge in [-0.3, -0.25) is 9.69 Å². The van der Waals surface area contributed by atoms with Crippen molar-refractivity contribution in [1.29, 1.82) is 0 Å². The van der Waals surface area contributed by atoms with E-state index in [9.17, 15) is 9.59 Å². The van der Waals surface area contributed by atoms with Gasteiger partial charge in [-0.05, 0) is 37.8 Å². The van der Waals surface area contributed by atoms with Crippen LogP contribution in [0, 0.1) is 5.92 Å². The summed E-state index contributed by atoms with van der Waals surface area (Å²) in [6.45, 7) is 6.32. The average molecular weight is 326 g/mol. The monoisotopic (exact) mass is 326 g/mol. The molecule has 1 amide bonds. The van der Waals surface area contributed by atoms with E-state index in [0.717, 1.165) is 0 Å². The Balaban J connectivity index is 2.57. The molecule has 6 heteroatoms. The minimum absolute atomic E-state index is 0.160. The lowest BCUT2D eigenvalue weighted by Gasteiger charge is -2.25. The third-order valence-electron chi connectivity index (χ3n) is 3.54. The summed E-state index contributed by atoms with van der Waals surface area (Å²) in [5, 5.41) is 4.80. The van der Waals surface area contributed by atoms with Crippen LogP contribution in [0.25, 0.3) is 0 Å². The number of likely N-dealkylation sites (N-methyl/N-ethyl adjacent to an activating group) is 1. The summed E-state index contributed by atoms with van der Waals surface area (Å²) in [5.41, 5.74) is 0. The lowest BCUT2D eigenvalue weighted by molar-refractivity contribution is -0.145. The molecule has 2 unspecified atom stereocenters. The molecule has 1 aromatic rings. The minimum Gasteiger partial charge on any atom is -0.467 e. The van der Waals surface area contributed by atoms with Gasteiger partial charge < -0.3 is 10.1 Å². The molecule has 2 atom stereocenters. The fourth-order valence-electron chi connectivity index (χ4n) is 2.18. The molecule has 1 heterocycles. The molecule has 0 saturated carbocycles. The van der Waals surface area contributed by atoms with Crippen LogP contribution >= 0.6 is 11.3 Å². The van der Waals surface area contributed by atoms with Crippen LogP contribution in [0.5, 0.6) is 0 Å². The van der Waals surface area contributed by atoms with Crippen molar-refractivity contribution in [2.75, 3.05) is 20.7 Å². The Hall–Kier alpha value is -1.40. The van der Waals surface area contributed by atoms with Gasteiger partial charge in [0.25, 0.3) is 0 Å². The van der Waals surface area contributed by atoms with Crippen LogP contribution < -0.4 is 5.32 Å². The zero-order valence-electron chi connectivity index (χ0n) is 14.0. The van der Waals surface area contributed by atoms with Crippen LogP contribution in [0.15, 0.2) is 17.5 Å². The van der Waals surface area contributed by atoms with E-state index in [1.807, 2.05) is 37.2 Å². The van der Waals surface area contributed by atoms with E-state index < -0.39 is 12.0 Å². The SMILES string of the molecule is COC(=O)C(CC(C)C)NC(=O)CN(C)C(C)c1cccs1. The summed E-state index contributed by atoms with van der Waals surface area (Å²) in [6.07, 6.45) is 0.572. The van der Waals surface area contributed by atoms with Gasteiger partial charge in [-0.1, -0.05) is 19.9 Å². The maximum Gasteiger partial charge on any atom is 0.328 e. The van der Waals surface area contributed by atoms with E-state index in [1.165, 1.54) is 12.0 Å². The van der Waals surface area contributed by atoms with Crippen molar-refractivity contribution in [2.24, 2.45) is 5.92 Å². The predicted molar refractivity (Wildman–Crippen MR) is 88.8 cm³/mol. The number of amides is 1. The first-order valence-electron chi connectivity index (χ1n) is 7.46. The summed E-state index contributed by atoms with van der Waals surface area (Å²) in [4.78, 5) is 27.1. The largest absolute Gasteiger partial charge is 0.467 e. The first kappa shape index (κ1) is 18.6. The second-order valence-corrected chi connectivity index (χ2v) is 6.86. The number of carbonyl (C=O) groups excluding carboxylic acids is 2. The number of nitrogens with zero attached hydrogens (tertiary/aromatic N) is 1. The fourth-order valence-corrected chi connectivity index (χ4v) is 3.03. The van der Waals surface area contributed by atoms with Gasteiger partial charge in [-0.25, -0.2) is 4.79 Å². The van der Waals surface area contributed by atoms with Gasteiger partial charge in [-0.2, -0.15) is 0 Å². The molecule has 0 aliphatic rings. The normalized spacial score (nSPS) is 14.0. The molecule has 1 N–H and O–H groups in total. The molecule has 22 heavy (non-hydrogen) atoms. The Morgan fingerprint density at radius 1 is 1.36 bits per heavy atom.